The third-order valence-electron chi connectivity index (χ3n) is 2.62. The number of rotatable bonds is 4. The van der Waals surface area contributed by atoms with Crippen LogP contribution in [0.4, 0.5) is 0 Å². The fraction of sp³-hybridized carbons (Fsp3) is 0.889. The zero-order valence-corrected chi connectivity index (χ0v) is 8.19. The summed E-state index contributed by atoms with van der Waals surface area (Å²) in [4.78, 5) is 12.9. The summed E-state index contributed by atoms with van der Waals surface area (Å²) in [5.41, 5.74) is 0. The van der Waals surface area contributed by atoms with Gasteiger partial charge in [-0.05, 0) is 5.92 Å². The lowest BCUT2D eigenvalue weighted by atomic mass is 9.99. The number of likely N-dealkylation sites (tertiary alicyclic amines) is 1. The molecular formula is C9H17NO3. The van der Waals surface area contributed by atoms with Crippen molar-refractivity contribution in [3.8, 4) is 0 Å². The van der Waals surface area contributed by atoms with Crippen molar-refractivity contribution in [2.24, 2.45) is 11.8 Å². The van der Waals surface area contributed by atoms with Gasteiger partial charge in [0.2, 0.25) is 0 Å². The first-order valence-corrected chi connectivity index (χ1v) is 4.59. The van der Waals surface area contributed by atoms with Crippen LogP contribution in [0.1, 0.15) is 6.92 Å². The van der Waals surface area contributed by atoms with E-state index in [1.165, 1.54) is 0 Å². The van der Waals surface area contributed by atoms with Gasteiger partial charge in [0.15, 0.2) is 0 Å². The Balaban J connectivity index is 2.36. The maximum absolute atomic E-state index is 10.8. The number of nitrogens with zero attached hydrogens (tertiary/aromatic N) is 1. The number of carboxylic acid groups (broad SMARTS) is 1. The van der Waals surface area contributed by atoms with Gasteiger partial charge >= 0.3 is 5.97 Å². The molecule has 0 aromatic carbocycles. The Morgan fingerprint density at radius 3 is 2.77 bits per heavy atom. The van der Waals surface area contributed by atoms with Crippen molar-refractivity contribution >= 4 is 5.97 Å². The Kier molecular flexibility index (Phi) is 3.69. The van der Waals surface area contributed by atoms with Crippen LogP contribution in [0, 0.1) is 11.8 Å². The van der Waals surface area contributed by atoms with Gasteiger partial charge in [-0.2, -0.15) is 0 Å². The maximum atomic E-state index is 10.8. The average Bonchev–Trinajstić information content (AvgIpc) is 2.43. The quantitative estimate of drug-likeness (QED) is 0.687. The normalized spacial score (nSPS) is 29.4. The molecule has 4 nitrogen and oxygen atoms in total. The Morgan fingerprint density at radius 1 is 1.62 bits per heavy atom. The minimum absolute atomic E-state index is 0.197. The topological polar surface area (TPSA) is 49.8 Å². The summed E-state index contributed by atoms with van der Waals surface area (Å²) in [5, 5.41) is 8.87. The molecule has 0 saturated carbocycles. The summed E-state index contributed by atoms with van der Waals surface area (Å²) in [6, 6.07) is 0. The van der Waals surface area contributed by atoms with Crippen molar-refractivity contribution in [3.63, 3.8) is 0 Å². The summed E-state index contributed by atoms with van der Waals surface area (Å²) in [6.07, 6.45) is 0. The number of hydrogen-bond acceptors (Lipinski definition) is 3. The first-order chi connectivity index (χ1) is 6.15. The van der Waals surface area contributed by atoms with Crippen molar-refractivity contribution in [1.29, 1.82) is 0 Å². The summed E-state index contributed by atoms with van der Waals surface area (Å²) in [7, 11) is 1.66. The third-order valence-corrected chi connectivity index (χ3v) is 2.62. The van der Waals surface area contributed by atoms with Gasteiger partial charge in [-0.25, -0.2) is 0 Å². The minimum atomic E-state index is -0.674. The molecule has 1 rings (SSSR count). The molecule has 0 spiro atoms. The van der Waals surface area contributed by atoms with Crippen molar-refractivity contribution in [2.45, 2.75) is 6.92 Å². The molecule has 2 unspecified atom stereocenters. The highest BCUT2D eigenvalue weighted by Gasteiger charge is 2.34. The van der Waals surface area contributed by atoms with Crippen LogP contribution in [0.25, 0.3) is 0 Å². The highest BCUT2D eigenvalue weighted by Crippen LogP contribution is 2.22. The second-order valence-corrected chi connectivity index (χ2v) is 3.67. The molecule has 0 radical (unpaired) electrons. The van der Waals surface area contributed by atoms with E-state index in [0.29, 0.717) is 13.2 Å². The van der Waals surface area contributed by atoms with Gasteiger partial charge in [-0.3, -0.25) is 9.69 Å². The molecule has 1 fully saturated rings. The van der Waals surface area contributed by atoms with Crippen LogP contribution < -0.4 is 0 Å². The SMILES string of the molecule is COCCN1CC(C)C(C(=O)O)C1. The van der Waals surface area contributed by atoms with Gasteiger partial charge in [0, 0.05) is 26.7 Å². The van der Waals surface area contributed by atoms with E-state index < -0.39 is 5.97 Å². The maximum Gasteiger partial charge on any atom is 0.308 e. The van der Waals surface area contributed by atoms with Crippen molar-refractivity contribution in [2.75, 3.05) is 33.4 Å². The van der Waals surface area contributed by atoms with E-state index in [1.54, 1.807) is 7.11 Å². The molecule has 0 aliphatic carbocycles. The van der Waals surface area contributed by atoms with E-state index in [1.807, 2.05) is 6.92 Å². The lowest BCUT2D eigenvalue weighted by Gasteiger charge is -2.13. The highest BCUT2D eigenvalue weighted by atomic mass is 16.5. The van der Waals surface area contributed by atoms with E-state index in [4.69, 9.17) is 9.84 Å². The molecule has 0 amide bonds. The van der Waals surface area contributed by atoms with Crippen LogP contribution in [-0.2, 0) is 9.53 Å². The smallest absolute Gasteiger partial charge is 0.308 e. The number of methoxy groups -OCH3 is 1. The third kappa shape index (κ3) is 2.67. The molecule has 0 aromatic rings. The molecule has 76 valence electrons. The fourth-order valence-corrected chi connectivity index (χ4v) is 1.79. The summed E-state index contributed by atoms with van der Waals surface area (Å²) in [6.45, 7) is 5.05. The molecule has 1 saturated heterocycles. The second kappa shape index (κ2) is 4.58. The number of carboxylic acids is 1. The van der Waals surface area contributed by atoms with Crippen LogP contribution in [-0.4, -0.2) is 49.3 Å². The van der Waals surface area contributed by atoms with Gasteiger partial charge in [0.05, 0.1) is 12.5 Å². The minimum Gasteiger partial charge on any atom is -0.481 e. The standard InChI is InChI=1S/C9H17NO3/c1-7-5-10(3-4-13-2)6-8(7)9(11)12/h7-8H,3-6H2,1-2H3,(H,11,12). The Labute approximate surface area is 78.5 Å². The highest BCUT2D eigenvalue weighted by molar-refractivity contribution is 5.71. The Bertz CT molecular complexity index is 184. The van der Waals surface area contributed by atoms with E-state index in [2.05, 4.69) is 4.90 Å². The number of aliphatic carboxylic acids is 1. The summed E-state index contributed by atoms with van der Waals surface area (Å²) < 4.78 is 4.95. The van der Waals surface area contributed by atoms with Gasteiger partial charge in [-0.1, -0.05) is 6.92 Å². The molecule has 1 aliphatic heterocycles. The molecule has 1 aliphatic rings. The summed E-state index contributed by atoms with van der Waals surface area (Å²) >= 11 is 0. The lowest BCUT2D eigenvalue weighted by Crippen LogP contribution is -2.26. The number of ether oxygens (including phenoxy) is 1. The van der Waals surface area contributed by atoms with Crippen molar-refractivity contribution < 1.29 is 14.6 Å². The van der Waals surface area contributed by atoms with Crippen LogP contribution in [0.5, 0.6) is 0 Å². The molecule has 0 aromatic heterocycles. The van der Waals surface area contributed by atoms with Gasteiger partial charge in [0.25, 0.3) is 0 Å². The lowest BCUT2D eigenvalue weighted by molar-refractivity contribution is -0.142. The van der Waals surface area contributed by atoms with Gasteiger partial charge < -0.3 is 9.84 Å². The van der Waals surface area contributed by atoms with Crippen molar-refractivity contribution in [1.82, 2.24) is 4.90 Å². The van der Waals surface area contributed by atoms with E-state index in [0.717, 1.165) is 13.1 Å². The Hall–Kier alpha value is -0.610. The fourth-order valence-electron chi connectivity index (χ4n) is 1.79. The first-order valence-electron chi connectivity index (χ1n) is 4.59. The molecular weight excluding hydrogens is 170 g/mol. The zero-order valence-electron chi connectivity index (χ0n) is 8.19. The first kappa shape index (κ1) is 10.5. The van der Waals surface area contributed by atoms with E-state index >= 15 is 0 Å². The predicted octanol–water partition coefficient (Wildman–Crippen LogP) is 0.285. The second-order valence-electron chi connectivity index (χ2n) is 3.67. The molecule has 2 atom stereocenters. The van der Waals surface area contributed by atoms with Crippen molar-refractivity contribution in [3.05, 3.63) is 0 Å². The average molecular weight is 187 g/mol. The zero-order chi connectivity index (χ0) is 9.84. The largest absolute Gasteiger partial charge is 0.481 e. The predicted molar refractivity (Wildman–Crippen MR) is 48.6 cm³/mol. The monoisotopic (exact) mass is 187 g/mol. The van der Waals surface area contributed by atoms with E-state index in [-0.39, 0.29) is 11.8 Å². The Morgan fingerprint density at radius 2 is 2.31 bits per heavy atom. The molecule has 13 heavy (non-hydrogen) atoms. The van der Waals surface area contributed by atoms with Crippen LogP contribution >= 0.6 is 0 Å². The van der Waals surface area contributed by atoms with Crippen LogP contribution in [0.15, 0.2) is 0 Å². The van der Waals surface area contributed by atoms with Crippen LogP contribution in [0.3, 0.4) is 0 Å². The summed E-state index contributed by atoms with van der Waals surface area (Å²) in [5.74, 6) is -0.612. The molecule has 4 heteroatoms. The molecule has 0 bridgehead atoms. The van der Waals surface area contributed by atoms with E-state index in [9.17, 15) is 4.79 Å². The number of carbonyl (C=O) groups is 1. The van der Waals surface area contributed by atoms with Crippen LogP contribution in [0.2, 0.25) is 0 Å². The van der Waals surface area contributed by atoms with Gasteiger partial charge in [0.1, 0.15) is 0 Å². The molecule has 1 N–H and O–H groups in total. The van der Waals surface area contributed by atoms with Gasteiger partial charge in [-0.15, -0.1) is 0 Å². The number of hydrogen-bond donors (Lipinski definition) is 1. The molecule has 1 heterocycles.